The summed E-state index contributed by atoms with van der Waals surface area (Å²) >= 11 is 0. The Balaban J connectivity index is 1.98. The summed E-state index contributed by atoms with van der Waals surface area (Å²) in [4.78, 5) is 2.72. The van der Waals surface area contributed by atoms with Gasteiger partial charge in [-0.15, -0.1) is 0 Å². The average molecular weight is 280 g/mol. The highest BCUT2D eigenvalue weighted by Crippen LogP contribution is 2.38. The van der Waals surface area contributed by atoms with Crippen LogP contribution in [0.3, 0.4) is 0 Å². The van der Waals surface area contributed by atoms with Gasteiger partial charge in [-0.1, -0.05) is 39.5 Å². The third-order valence-electron chi connectivity index (χ3n) is 6.49. The summed E-state index contributed by atoms with van der Waals surface area (Å²) in [6.07, 6.45) is 12.2. The molecule has 1 aliphatic carbocycles. The van der Waals surface area contributed by atoms with E-state index in [2.05, 4.69) is 25.7 Å². The van der Waals surface area contributed by atoms with Crippen LogP contribution in [0.2, 0.25) is 0 Å². The molecule has 2 unspecified atom stereocenters. The van der Waals surface area contributed by atoms with Crippen molar-refractivity contribution < 1.29 is 0 Å². The van der Waals surface area contributed by atoms with E-state index in [4.69, 9.17) is 5.73 Å². The zero-order chi connectivity index (χ0) is 14.6. The van der Waals surface area contributed by atoms with E-state index in [9.17, 15) is 0 Å². The van der Waals surface area contributed by atoms with Gasteiger partial charge in [-0.25, -0.2) is 0 Å². The molecular formula is C18H36N2. The molecule has 0 amide bonds. The van der Waals surface area contributed by atoms with Gasteiger partial charge in [0.2, 0.25) is 0 Å². The van der Waals surface area contributed by atoms with E-state index in [1.807, 2.05) is 0 Å². The van der Waals surface area contributed by atoms with Gasteiger partial charge in [0.15, 0.2) is 0 Å². The molecule has 0 aromatic rings. The third-order valence-corrected chi connectivity index (χ3v) is 6.49. The molecule has 1 aliphatic heterocycles. The Morgan fingerprint density at radius 2 is 1.65 bits per heavy atom. The summed E-state index contributed by atoms with van der Waals surface area (Å²) in [7, 11) is 0. The van der Waals surface area contributed by atoms with Crippen LogP contribution in [0.4, 0.5) is 0 Å². The minimum absolute atomic E-state index is 0.226. The third kappa shape index (κ3) is 3.39. The van der Waals surface area contributed by atoms with Crippen LogP contribution in [0.25, 0.3) is 0 Å². The molecule has 2 rings (SSSR count). The molecule has 20 heavy (non-hydrogen) atoms. The summed E-state index contributed by atoms with van der Waals surface area (Å²) in [6.45, 7) is 9.65. The van der Waals surface area contributed by atoms with Crippen molar-refractivity contribution in [1.29, 1.82) is 0 Å². The normalized spacial score (nSPS) is 33.6. The van der Waals surface area contributed by atoms with Crippen molar-refractivity contribution in [1.82, 2.24) is 4.90 Å². The molecule has 2 aliphatic rings. The van der Waals surface area contributed by atoms with Crippen LogP contribution >= 0.6 is 0 Å². The van der Waals surface area contributed by atoms with Crippen molar-refractivity contribution in [2.45, 2.75) is 90.1 Å². The number of hydrogen-bond acceptors (Lipinski definition) is 2. The van der Waals surface area contributed by atoms with E-state index < -0.39 is 0 Å². The molecule has 0 spiro atoms. The Kier molecular flexibility index (Phi) is 5.92. The zero-order valence-electron chi connectivity index (χ0n) is 14.0. The highest BCUT2D eigenvalue weighted by Gasteiger charge is 2.41. The second-order valence-electron chi connectivity index (χ2n) is 7.47. The van der Waals surface area contributed by atoms with Crippen LogP contribution in [0, 0.1) is 11.8 Å². The Morgan fingerprint density at radius 1 is 1.05 bits per heavy atom. The van der Waals surface area contributed by atoms with Gasteiger partial charge >= 0.3 is 0 Å². The van der Waals surface area contributed by atoms with Crippen molar-refractivity contribution in [3.63, 3.8) is 0 Å². The minimum atomic E-state index is 0.226. The number of nitrogens with two attached hydrogens (primary N) is 1. The van der Waals surface area contributed by atoms with E-state index in [-0.39, 0.29) is 5.54 Å². The summed E-state index contributed by atoms with van der Waals surface area (Å²) in [5.74, 6) is 1.73. The average Bonchev–Trinajstić information content (AvgIpc) is 2.54. The van der Waals surface area contributed by atoms with Gasteiger partial charge < -0.3 is 5.73 Å². The molecule has 0 aromatic heterocycles. The predicted molar refractivity (Wildman–Crippen MR) is 87.8 cm³/mol. The standard InChI is InChI=1S/C18H36N2/c1-4-15-9-11-16(12-10-15)17(19)18(3,5-2)20-13-7-6-8-14-20/h15-17H,4-14,19H2,1-3H3. The van der Waals surface area contributed by atoms with Crippen molar-refractivity contribution in [3.05, 3.63) is 0 Å². The van der Waals surface area contributed by atoms with Crippen molar-refractivity contribution in [3.8, 4) is 0 Å². The fourth-order valence-electron chi connectivity index (χ4n) is 4.54. The monoisotopic (exact) mass is 280 g/mol. The molecule has 2 heteroatoms. The molecule has 2 atom stereocenters. The molecule has 118 valence electrons. The molecule has 1 saturated carbocycles. The minimum Gasteiger partial charge on any atom is -0.326 e. The molecule has 2 fully saturated rings. The molecule has 2 N–H and O–H groups in total. The fraction of sp³-hybridized carbons (Fsp3) is 1.00. The largest absolute Gasteiger partial charge is 0.326 e. The van der Waals surface area contributed by atoms with Gasteiger partial charge in [0, 0.05) is 11.6 Å². The van der Waals surface area contributed by atoms with Gasteiger partial charge in [-0.3, -0.25) is 4.90 Å². The first-order chi connectivity index (χ1) is 9.61. The van der Waals surface area contributed by atoms with Crippen LogP contribution in [-0.2, 0) is 0 Å². The second kappa shape index (κ2) is 7.26. The zero-order valence-corrected chi connectivity index (χ0v) is 14.0. The fourth-order valence-corrected chi connectivity index (χ4v) is 4.54. The first kappa shape index (κ1) is 16.3. The first-order valence-corrected chi connectivity index (χ1v) is 9.12. The van der Waals surface area contributed by atoms with Crippen LogP contribution < -0.4 is 5.73 Å². The maximum absolute atomic E-state index is 6.81. The first-order valence-electron chi connectivity index (χ1n) is 9.12. The molecule has 1 heterocycles. The van der Waals surface area contributed by atoms with Gasteiger partial charge in [0.05, 0.1) is 0 Å². The Labute approximate surface area is 126 Å². The Hall–Kier alpha value is -0.0800. The SMILES string of the molecule is CCC1CCC(C(N)C(C)(CC)N2CCCCC2)CC1. The molecule has 0 aromatic carbocycles. The highest BCUT2D eigenvalue weighted by atomic mass is 15.2. The molecule has 1 saturated heterocycles. The van der Waals surface area contributed by atoms with Crippen molar-refractivity contribution in [2.24, 2.45) is 17.6 Å². The summed E-state index contributed by atoms with van der Waals surface area (Å²) in [5, 5.41) is 0. The lowest BCUT2D eigenvalue weighted by Gasteiger charge is -2.50. The van der Waals surface area contributed by atoms with Gasteiger partial charge in [0.1, 0.15) is 0 Å². The molecule has 2 nitrogen and oxygen atoms in total. The van der Waals surface area contributed by atoms with E-state index in [0.717, 1.165) is 11.8 Å². The van der Waals surface area contributed by atoms with E-state index in [1.54, 1.807) is 0 Å². The van der Waals surface area contributed by atoms with Gasteiger partial charge in [-0.2, -0.15) is 0 Å². The van der Waals surface area contributed by atoms with Crippen molar-refractivity contribution >= 4 is 0 Å². The summed E-state index contributed by atoms with van der Waals surface area (Å²) in [5.41, 5.74) is 7.04. The van der Waals surface area contributed by atoms with Gasteiger partial charge in [0.25, 0.3) is 0 Å². The molecule has 0 radical (unpaired) electrons. The van der Waals surface area contributed by atoms with Crippen LogP contribution in [0.5, 0.6) is 0 Å². The van der Waals surface area contributed by atoms with E-state index in [1.165, 1.54) is 70.9 Å². The number of piperidine rings is 1. The molecular weight excluding hydrogens is 244 g/mol. The van der Waals surface area contributed by atoms with Crippen LogP contribution in [-0.4, -0.2) is 29.6 Å². The van der Waals surface area contributed by atoms with Crippen LogP contribution in [0.15, 0.2) is 0 Å². The lowest BCUT2D eigenvalue weighted by molar-refractivity contribution is 0.0269. The number of likely N-dealkylation sites (tertiary alicyclic amines) is 1. The van der Waals surface area contributed by atoms with Crippen LogP contribution in [0.1, 0.15) is 78.6 Å². The van der Waals surface area contributed by atoms with Gasteiger partial charge in [-0.05, 0) is 64.0 Å². The molecule has 0 bridgehead atoms. The Morgan fingerprint density at radius 3 is 2.15 bits per heavy atom. The lowest BCUT2D eigenvalue weighted by Crippen LogP contribution is -2.61. The smallest absolute Gasteiger partial charge is 0.0332 e. The number of nitrogens with zero attached hydrogens (tertiary/aromatic N) is 1. The second-order valence-corrected chi connectivity index (χ2v) is 7.47. The quantitative estimate of drug-likeness (QED) is 0.818. The van der Waals surface area contributed by atoms with E-state index in [0.29, 0.717) is 6.04 Å². The van der Waals surface area contributed by atoms with E-state index >= 15 is 0 Å². The summed E-state index contributed by atoms with van der Waals surface area (Å²) < 4.78 is 0. The topological polar surface area (TPSA) is 29.3 Å². The number of hydrogen-bond donors (Lipinski definition) is 1. The maximum Gasteiger partial charge on any atom is 0.0332 e. The number of rotatable bonds is 5. The Bertz CT molecular complexity index is 277. The lowest BCUT2D eigenvalue weighted by atomic mass is 9.71. The highest BCUT2D eigenvalue weighted by molar-refractivity contribution is 4.99. The van der Waals surface area contributed by atoms with Crippen molar-refractivity contribution in [2.75, 3.05) is 13.1 Å². The summed E-state index contributed by atoms with van der Waals surface area (Å²) in [6, 6.07) is 0.364. The maximum atomic E-state index is 6.81. The predicted octanol–water partition coefficient (Wildman–Crippen LogP) is 4.18.